The molecule has 6 nitrogen and oxygen atoms in total. The average molecular weight is 498 g/mol. The summed E-state index contributed by atoms with van der Waals surface area (Å²) in [6.07, 6.45) is 0. The van der Waals surface area contributed by atoms with Crippen LogP contribution in [-0.4, -0.2) is 23.1 Å². The first-order valence-corrected chi connectivity index (χ1v) is 8.60. The maximum atomic E-state index is 6.00. The van der Waals surface area contributed by atoms with Crippen molar-refractivity contribution >= 4 is 41.5 Å². The van der Waals surface area contributed by atoms with E-state index >= 15 is 0 Å². The van der Waals surface area contributed by atoms with Gasteiger partial charge in [-0.15, -0.1) is 24.0 Å². The predicted octanol–water partition coefficient (Wildman–Crippen LogP) is 4.18. The van der Waals surface area contributed by atoms with Crippen LogP contribution < -0.4 is 10.6 Å². The highest BCUT2D eigenvalue weighted by Gasteiger charge is 2.09. The van der Waals surface area contributed by atoms with Gasteiger partial charge in [0.25, 0.3) is 0 Å². The lowest BCUT2D eigenvalue weighted by Crippen LogP contribution is -2.36. The van der Waals surface area contributed by atoms with Gasteiger partial charge in [-0.3, -0.25) is 4.99 Å². The molecule has 27 heavy (non-hydrogen) atoms. The number of nitrogens with zero attached hydrogens (tertiary/aromatic N) is 3. The van der Waals surface area contributed by atoms with Gasteiger partial charge in [0.15, 0.2) is 5.96 Å². The maximum Gasteiger partial charge on any atom is 0.246 e. The van der Waals surface area contributed by atoms with Crippen LogP contribution >= 0.6 is 35.6 Å². The molecule has 1 heterocycles. The van der Waals surface area contributed by atoms with Gasteiger partial charge in [0.05, 0.1) is 6.54 Å². The van der Waals surface area contributed by atoms with Crippen LogP contribution in [-0.2, 0) is 13.1 Å². The van der Waals surface area contributed by atoms with Crippen molar-refractivity contribution < 1.29 is 4.52 Å². The minimum Gasteiger partial charge on any atom is -0.352 e. The lowest BCUT2D eigenvalue weighted by Gasteiger charge is -2.10. The van der Waals surface area contributed by atoms with Crippen LogP contribution in [0.2, 0.25) is 5.02 Å². The number of benzene rings is 2. The number of guanidine groups is 1. The Hall–Kier alpha value is -2.13. The van der Waals surface area contributed by atoms with E-state index in [9.17, 15) is 0 Å². The van der Waals surface area contributed by atoms with Gasteiger partial charge in [-0.25, -0.2) is 0 Å². The third kappa shape index (κ3) is 6.21. The number of halogens is 2. The van der Waals surface area contributed by atoms with Gasteiger partial charge in [-0.05, 0) is 24.6 Å². The number of rotatable bonds is 5. The third-order valence-electron chi connectivity index (χ3n) is 3.72. The molecular weight excluding hydrogens is 477 g/mol. The Labute approximate surface area is 180 Å². The Morgan fingerprint density at radius 3 is 2.63 bits per heavy atom. The molecule has 1 aromatic heterocycles. The number of nitrogens with one attached hydrogen (secondary N) is 2. The SMILES string of the molecule is CN=C(NCc1cccc(C)c1)NCc1nc(-c2cccc(Cl)c2)no1.I. The van der Waals surface area contributed by atoms with Crippen molar-refractivity contribution in [2.45, 2.75) is 20.0 Å². The molecule has 0 saturated carbocycles. The van der Waals surface area contributed by atoms with Crippen LogP contribution in [0.25, 0.3) is 11.4 Å². The van der Waals surface area contributed by atoms with Crippen LogP contribution in [0.3, 0.4) is 0 Å². The zero-order chi connectivity index (χ0) is 18.4. The Kier molecular flexibility index (Phi) is 8.05. The van der Waals surface area contributed by atoms with E-state index < -0.39 is 0 Å². The molecule has 0 aliphatic carbocycles. The van der Waals surface area contributed by atoms with Gasteiger partial charge >= 0.3 is 0 Å². The topological polar surface area (TPSA) is 75.3 Å². The molecule has 0 saturated heterocycles. The first-order valence-electron chi connectivity index (χ1n) is 8.22. The molecule has 0 unspecified atom stereocenters. The van der Waals surface area contributed by atoms with E-state index in [4.69, 9.17) is 16.1 Å². The minimum absolute atomic E-state index is 0. The number of hydrogen-bond acceptors (Lipinski definition) is 4. The molecule has 0 bridgehead atoms. The molecule has 0 radical (unpaired) electrons. The van der Waals surface area contributed by atoms with Gasteiger partial charge < -0.3 is 15.2 Å². The molecule has 0 atom stereocenters. The van der Waals surface area contributed by atoms with E-state index in [0.717, 1.165) is 5.56 Å². The lowest BCUT2D eigenvalue weighted by atomic mass is 10.1. The first-order chi connectivity index (χ1) is 12.6. The molecule has 8 heteroatoms. The lowest BCUT2D eigenvalue weighted by molar-refractivity contribution is 0.375. The Bertz CT molecular complexity index is 912. The Morgan fingerprint density at radius 2 is 1.89 bits per heavy atom. The van der Waals surface area contributed by atoms with E-state index in [1.807, 2.05) is 18.2 Å². The summed E-state index contributed by atoms with van der Waals surface area (Å²) in [5, 5.41) is 11.0. The average Bonchev–Trinajstić information content (AvgIpc) is 3.11. The van der Waals surface area contributed by atoms with Crippen molar-refractivity contribution in [1.82, 2.24) is 20.8 Å². The van der Waals surface area contributed by atoms with E-state index in [1.54, 1.807) is 19.2 Å². The van der Waals surface area contributed by atoms with Crippen molar-refractivity contribution in [1.29, 1.82) is 0 Å². The molecule has 0 amide bonds. The monoisotopic (exact) mass is 497 g/mol. The molecule has 2 N–H and O–H groups in total. The molecular formula is C19H21ClIN5O. The van der Waals surface area contributed by atoms with Crippen molar-refractivity contribution in [3.8, 4) is 11.4 Å². The van der Waals surface area contributed by atoms with Gasteiger partial charge in [0.1, 0.15) is 0 Å². The number of hydrogen-bond donors (Lipinski definition) is 2. The van der Waals surface area contributed by atoms with Gasteiger partial charge in [0, 0.05) is 24.2 Å². The van der Waals surface area contributed by atoms with Crippen molar-refractivity contribution in [2.24, 2.45) is 4.99 Å². The quantitative estimate of drug-likeness (QED) is 0.314. The zero-order valence-corrected chi connectivity index (χ0v) is 18.2. The van der Waals surface area contributed by atoms with Crippen molar-refractivity contribution in [3.63, 3.8) is 0 Å². The fourth-order valence-corrected chi connectivity index (χ4v) is 2.65. The smallest absolute Gasteiger partial charge is 0.246 e. The van der Waals surface area contributed by atoms with Crippen LogP contribution in [0, 0.1) is 6.92 Å². The normalized spacial score (nSPS) is 11.0. The van der Waals surface area contributed by atoms with Crippen LogP contribution in [0.4, 0.5) is 0 Å². The van der Waals surface area contributed by atoms with Gasteiger partial charge in [-0.1, -0.05) is 58.7 Å². The summed E-state index contributed by atoms with van der Waals surface area (Å²) in [5.74, 6) is 1.64. The minimum atomic E-state index is 0. The summed E-state index contributed by atoms with van der Waals surface area (Å²) < 4.78 is 5.28. The standard InChI is InChI=1S/C19H20ClN5O.HI/c1-13-5-3-6-14(9-13)11-22-19(21-2)23-12-17-24-18(25-26-17)15-7-4-8-16(20)10-15;/h3-10H,11-12H2,1-2H3,(H2,21,22,23);1H. The fraction of sp³-hybridized carbons (Fsp3) is 0.211. The molecule has 0 fully saturated rings. The van der Waals surface area contributed by atoms with Gasteiger partial charge in [0.2, 0.25) is 11.7 Å². The summed E-state index contributed by atoms with van der Waals surface area (Å²) in [5.41, 5.74) is 3.23. The largest absolute Gasteiger partial charge is 0.352 e. The van der Waals surface area contributed by atoms with Crippen LogP contribution in [0.15, 0.2) is 58.0 Å². The molecule has 0 aliphatic rings. The maximum absolute atomic E-state index is 6.00. The van der Waals surface area contributed by atoms with E-state index in [1.165, 1.54) is 11.1 Å². The van der Waals surface area contributed by atoms with Gasteiger partial charge in [-0.2, -0.15) is 4.98 Å². The van der Waals surface area contributed by atoms with E-state index in [2.05, 4.69) is 50.9 Å². The second-order valence-electron chi connectivity index (χ2n) is 5.79. The second-order valence-corrected chi connectivity index (χ2v) is 6.23. The van der Waals surface area contributed by atoms with Crippen molar-refractivity contribution in [2.75, 3.05) is 7.05 Å². The highest BCUT2D eigenvalue weighted by molar-refractivity contribution is 14.0. The molecule has 2 aromatic carbocycles. The summed E-state index contributed by atoms with van der Waals surface area (Å²) in [7, 11) is 1.72. The molecule has 0 aliphatic heterocycles. The van der Waals surface area contributed by atoms with Crippen LogP contribution in [0.1, 0.15) is 17.0 Å². The highest BCUT2D eigenvalue weighted by Crippen LogP contribution is 2.19. The Morgan fingerprint density at radius 1 is 1.11 bits per heavy atom. The zero-order valence-electron chi connectivity index (χ0n) is 15.1. The molecule has 0 spiro atoms. The third-order valence-corrected chi connectivity index (χ3v) is 3.96. The van der Waals surface area contributed by atoms with E-state index in [0.29, 0.717) is 35.8 Å². The molecule has 3 aromatic rings. The van der Waals surface area contributed by atoms with Crippen LogP contribution in [0.5, 0.6) is 0 Å². The summed E-state index contributed by atoms with van der Waals surface area (Å²) in [4.78, 5) is 8.58. The first kappa shape index (κ1) is 21.2. The number of aliphatic imine (C=N–C) groups is 1. The predicted molar refractivity (Wildman–Crippen MR) is 118 cm³/mol. The summed E-state index contributed by atoms with van der Waals surface area (Å²) >= 11 is 6.00. The van der Waals surface area contributed by atoms with Crippen molar-refractivity contribution in [3.05, 3.63) is 70.6 Å². The molecule has 142 valence electrons. The number of aromatic nitrogens is 2. The fourth-order valence-electron chi connectivity index (χ4n) is 2.46. The van der Waals surface area contributed by atoms with E-state index in [-0.39, 0.29) is 24.0 Å². The summed E-state index contributed by atoms with van der Waals surface area (Å²) in [6, 6.07) is 15.7. The Balaban J connectivity index is 0.00000261. The number of aryl methyl sites for hydroxylation is 1. The highest BCUT2D eigenvalue weighted by atomic mass is 127. The second kappa shape index (κ2) is 10.3. The summed E-state index contributed by atoms with van der Waals surface area (Å²) in [6.45, 7) is 3.13. The molecule has 3 rings (SSSR count).